The maximum absolute atomic E-state index is 5.83. The molecular weight excluding hydrogens is 248 g/mol. The number of nitrogens with zero attached hydrogens (tertiary/aromatic N) is 1. The molecule has 0 fully saturated rings. The summed E-state index contributed by atoms with van der Waals surface area (Å²) in [6.45, 7) is 11.4. The van der Waals surface area contributed by atoms with Crippen LogP contribution in [0.3, 0.4) is 0 Å². The Morgan fingerprint density at radius 3 is 2.15 bits per heavy atom. The van der Waals surface area contributed by atoms with Crippen molar-refractivity contribution >= 4 is 0 Å². The van der Waals surface area contributed by atoms with E-state index in [0.29, 0.717) is 12.1 Å². The van der Waals surface area contributed by atoms with Crippen LogP contribution in [-0.4, -0.2) is 36.7 Å². The van der Waals surface area contributed by atoms with Crippen molar-refractivity contribution in [3.63, 3.8) is 0 Å². The monoisotopic (exact) mass is 278 g/mol. The largest absolute Gasteiger partial charge is 0.492 e. The fourth-order valence-corrected chi connectivity index (χ4v) is 2.44. The predicted octanol–water partition coefficient (Wildman–Crippen LogP) is 3.08. The summed E-state index contributed by atoms with van der Waals surface area (Å²) >= 11 is 0. The zero-order valence-corrected chi connectivity index (χ0v) is 13.4. The average molecular weight is 278 g/mol. The standard InChI is InChI=1S/C17H30N2O/c1-14(2)19(15(3)4)12-13-20-17-9-7-16(8-10-17)6-5-11-18/h7-10,14-15H,5-6,11-13,18H2,1-4H3. The fourth-order valence-electron chi connectivity index (χ4n) is 2.44. The molecule has 114 valence electrons. The molecule has 3 nitrogen and oxygen atoms in total. The fraction of sp³-hybridized carbons (Fsp3) is 0.647. The van der Waals surface area contributed by atoms with Crippen molar-refractivity contribution in [3.8, 4) is 5.75 Å². The Kier molecular flexibility index (Phi) is 7.63. The van der Waals surface area contributed by atoms with Crippen molar-refractivity contribution in [2.75, 3.05) is 19.7 Å². The van der Waals surface area contributed by atoms with Gasteiger partial charge in [-0.25, -0.2) is 0 Å². The van der Waals surface area contributed by atoms with E-state index in [4.69, 9.17) is 10.5 Å². The van der Waals surface area contributed by atoms with E-state index in [0.717, 1.165) is 38.3 Å². The molecule has 0 aromatic heterocycles. The van der Waals surface area contributed by atoms with Crippen LogP contribution in [0.5, 0.6) is 5.75 Å². The number of hydrogen-bond acceptors (Lipinski definition) is 3. The predicted molar refractivity (Wildman–Crippen MR) is 86.3 cm³/mol. The minimum atomic E-state index is 0.553. The number of hydrogen-bond donors (Lipinski definition) is 1. The first kappa shape index (κ1) is 17.0. The second kappa shape index (κ2) is 8.98. The van der Waals surface area contributed by atoms with Gasteiger partial charge in [-0.2, -0.15) is 0 Å². The molecule has 0 atom stereocenters. The van der Waals surface area contributed by atoms with Gasteiger partial charge in [0.25, 0.3) is 0 Å². The van der Waals surface area contributed by atoms with Gasteiger partial charge < -0.3 is 10.5 Å². The van der Waals surface area contributed by atoms with Crippen LogP contribution < -0.4 is 10.5 Å². The van der Waals surface area contributed by atoms with Crippen molar-refractivity contribution in [2.45, 2.75) is 52.6 Å². The molecule has 0 aliphatic carbocycles. The number of ether oxygens (including phenoxy) is 1. The molecule has 0 heterocycles. The summed E-state index contributed by atoms with van der Waals surface area (Å²) in [5.41, 5.74) is 6.85. The summed E-state index contributed by atoms with van der Waals surface area (Å²) in [5.74, 6) is 0.953. The summed E-state index contributed by atoms with van der Waals surface area (Å²) in [7, 11) is 0. The Labute approximate surface area is 124 Å². The molecular formula is C17H30N2O. The number of rotatable bonds is 9. The van der Waals surface area contributed by atoms with E-state index >= 15 is 0 Å². The van der Waals surface area contributed by atoms with Crippen molar-refractivity contribution in [2.24, 2.45) is 5.73 Å². The van der Waals surface area contributed by atoms with Crippen molar-refractivity contribution in [3.05, 3.63) is 29.8 Å². The van der Waals surface area contributed by atoms with Gasteiger partial charge in [0.2, 0.25) is 0 Å². The van der Waals surface area contributed by atoms with Crippen molar-refractivity contribution in [1.29, 1.82) is 0 Å². The highest BCUT2D eigenvalue weighted by Crippen LogP contribution is 2.13. The van der Waals surface area contributed by atoms with Crippen LogP contribution in [0.4, 0.5) is 0 Å². The summed E-state index contributed by atoms with van der Waals surface area (Å²) < 4.78 is 5.83. The maximum Gasteiger partial charge on any atom is 0.119 e. The minimum Gasteiger partial charge on any atom is -0.492 e. The van der Waals surface area contributed by atoms with Crippen LogP contribution in [-0.2, 0) is 6.42 Å². The van der Waals surface area contributed by atoms with Gasteiger partial charge in [-0.15, -0.1) is 0 Å². The first-order chi connectivity index (χ1) is 9.54. The molecule has 0 aliphatic rings. The molecule has 0 spiro atoms. The molecule has 20 heavy (non-hydrogen) atoms. The van der Waals surface area contributed by atoms with E-state index in [1.807, 2.05) is 0 Å². The normalized spacial score (nSPS) is 11.6. The van der Waals surface area contributed by atoms with Gasteiger partial charge in [-0.3, -0.25) is 4.90 Å². The molecule has 2 N–H and O–H groups in total. The number of benzene rings is 1. The molecule has 1 rings (SSSR count). The Bertz CT molecular complexity index is 352. The first-order valence-corrected chi connectivity index (χ1v) is 7.72. The Morgan fingerprint density at radius 2 is 1.65 bits per heavy atom. The first-order valence-electron chi connectivity index (χ1n) is 7.72. The van der Waals surface area contributed by atoms with E-state index < -0.39 is 0 Å². The van der Waals surface area contributed by atoms with Crippen LogP contribution >= 0.6 is 0 Å². The molecule has 0 amide bonds. The van der Waals surface area contributed by atoms with E-state index in [1.165, 1.54) is 5.56 Å². The zero-order valence-electron chi connectivity index (χ0n) is 13.4. The van der Waals surface area contributed by atoms with Gasteiger partial charge in [0.05, 0.1) is 0 Å². The Morgan fingerprint density at radius 1 is 1.05 bits per heavy atom. The molecule has 3 heteroatoms. The van der Waals surface area contributed by atoms with E-state index in [2.05, 4.69) is 56.9 Å². The van der Waals surface area contributed by atoms with Gasteiger partial charge in [0.1, 0.15) is 12.4 Å². The molecule has 0 bridgehead atoms. The molecule has 0 saturated heterocycles. The molecule has 0 saturated carbocycles. The van der Waals surface area contributed by atoms with Crippen LogP contribution in [0.25, 0.3) is 0 Å². The third-order valence-electron chi connectivity index (χ3n) is 3.54. The second-order valence-corrected chi connectivity index (χ2v) is 5.81. The highest BCUT2D eigenvalue weighted by Gasteiger charge is 2.12. The quantitative estimate of drug-likeness (QED) is 0.754. The van der Waals surface area contributed by atoms with Gasteiger partial charge >= 0.3 is 0 Å². The summed E-state index contributed by atoms with van der Waals surface area (Å²) in [6.07, 6.45) is 2.09. The summed E-state index contributed by atoms with van der Waals surface area (Å²) in [4.78, 5) is 2.44. The van der Waals surface area contributed by atoms with E-state index in [-0.39, 0.29) is 0 Å². The summed E-state index contributed by atoms with van der Waals surface area (Å²) in [6, 6.07) is 9.48. The number of aryl methyl sites for hydroxylation is 1. The highest BCUT2D eigenvalue weighted by atomic mass is 16.5. The van der Waals surface area contributed by atoms with Crippen LogP contribution in [0.1, 0.15) is 39.7 Å². The average Bonchev–Trinajstić information content (AvgIpc) is 2.41. The van der Waals surface area contributed by atoms with Gasteiger partial charge in [-0.1, -0.05) is 12.1 Å². The Hall–Kier alpha value is -1.06. The lowest BCUT2D eigenvalue weighted by Crippen LogP contribution is -2.39. The lowest BCUT2D eigenvalue weighted by atomic mass is 10.1. The zero-order chi connectivity index (χ0) is 15.0. The molecule has 0 radical (unpaired) electrons. The van der Waals surface area contributed by atoms with E-state index in [1.54, 1.807) is 0 Å². The number of nitrogens with two attached hydrogens (primary N) is 1. The Balaban J connectivity index is 2.38. The van der Waals surface area contributed by atoms with E-state index in [9.17, 15) is 0 Å². The van der Waals surface area contributed by atoms with Crippen LogP contribution in [0.15, 0.2) is 24.3 Å². The smallest absolute Gasteiger partial charge is 0.119 e. The van der Waals surface area contributed by atoms with Crippen LogP contribution in [0, 0.1) is 0 Å². The molecule has 0 unspecified atom stereocenters. The van der Waals surface area contributed by atoms with Gasteiger partial charge in [0.15, 0.2) is 0 Å². The third kappa shape index (κ3) is 5.93. The topological polar surface area (TPSA) is 38.5 Å². The SMILES string of the molecule is CC(C)N(CCOc1ccc(CCCN)cc1)C(C)C. The molecule has 0 aliphatic heterocycles. The third-order valence-corrected chi connectivity index (χ3v) is 3.54. The minimum absolute atomic E-state index is 0.553. The van der Waals surface area contributed by atoms with Gasteiger partial charge in [-0.05, 0) is 64.8 Å². The maximum atomic E-state index is 5.83. The second-order valence-electron chi connectivity index (χ2n) is 5.81. The molecule has 1 aromatic carbocycles. The lowest BCUT2D eigenvalue weighted by Gasteiger charge is -2.30. The highest BCUT2D eigenvalue weighted by molar-refractivity contribution is 5.27. The van der Waals surface area contributed by atoms with Gasteiger partial charge in [0, 0.05) is 18.6 Å². The van der Waals surface area contributed by atoms with Crippen LogP contribution in [0.2, 0.25) is 0 Å². The van der Waals surface area contributed by atoms with Crippen molar-refractivity contribution in [1.82, 2.24) is 4.90 Å². The molecule has 1 aromatic rings. The van der Waals surface area contributed by atoms with Crippen molar-refractivity contribution < 1.29 is 4.74 Å². The summed E-state index contributed by atoms with van der Waals surface area (Å²) in [5, 5.41) is 0. The lowest BCUT2D eigenvalue weighted by molar-refractivity contribution is 0.142.